The quantitative estimate of drug-likeness (QED) is 0.517. The van der Waals surface area contributed by atoms with Gasteiger partial charge in [-0.25, -0.2) is 4.79 Å². The van der Waals surface area contributed by atoms with Gasteiger partial charge in [-0.1, -0.05) is 29.3 Å². The van der Waals surface area contributed by atoms with E-state index in [1.165, 1.54) is 4.68 Å². The molecule has 0 spiro atoms. The van der Waals surface area contributed by atoms with E-state index >= 15 is 0 Å². The normalized spacial score (nSPS) is 29.0. The van der Waals surface area contributed by atoms with Crippen molar-refractivity contribution >= 4 is 41.5 Å². The SMILES string of the molecule is Cc1ccc(N(C(=O)[C@@H]2COCCO2)C2CCC(/C=[N+]3\N=CC(NCC4CCCOC4)=C(Cl)C3=O)CC2)cc1. The number of carbonyl (C=O) groups excluding carboxylic acids is 2. The summed E-state index contributed by atoms with van der Waals surface area (Å²) in [4.78, 5) is 28.4. The molecule has 2 saturated heterocycles. The van der Waals surface area contributed by atoms with Crippen LogP contribution in [0.4, 0.5) is 5.69 Å². The van der Waals surface area contributed by atoms with Gasteiger partial charge in [-0.15, -0.1) is 0 Å². The van der Waals surface area contributed by atoms with Crippen molar-refractivity contribution in [2.45, 2.75) is 57.6 Å². The van der Waals surface area contributed by atoms with E-state index in [0.717, 1.165) is 63.0 Å². The number of ether oxygens (including phenoxy) is 3. The van der Waals surface area contributed by atoms with Crippen LogP contribution < -0.4 is 10.2 Å². The highest BCUT2D eigenvalue weighted by atomic mass is 35.5. The standard InChI is InChI=1S/C29H37ClN4O5/c1-20-4-8-23(9-5-20)34(28(35)26-19-38-13-14-39-26)24-10-6-21(7-11-24)17-33-29(36)27(30)25(16-32-33)31-15-22-3-2-12-37-18-22/h4-5,8-9,16-17,21-22,24,26H,2-3,6-7,10-15,18-19H2,1H3/p+1/b33-17-/t21?,22?,24?,26-/m0/s1. The molecular weight excluding hydrogens is 520 g/mol. The molecule has 3 aliphatic heterocycles. The molecule has 1 saturated carbocycles. The van der Waals surface area contributed by atoms with Crippen molar-refractivity contribution in [1.82, 2.24) is 5.32 Å². The largest absolute Gasteiger partial charge is 0.462 e. The molecule has 0 bridgehead atoms. The van der Waals surface area contributed by atoms with Crippen LogP contribution in [-0.4, -0.2) is 80.7 Å². The Morgan fingerprint density at radius 1 is 1.10 bits per heavy atom. The first-order valence-electron chi connectivity index (χ1n) is 14.0. The molecule has 2 atom stereocenters. The molecule has 3 fully saturated rings. The summed E-state index contributed by atoms with van der Waals surface area (Å²) in [6.45, 7) is 5.49. The molecule has 2 amide bonds. The van der Waals surface area contributed by atoms with Gasteiger partial charge in [0.2, 0.25) is 0 Å². The minimum atomic E-state index is -0.591. The molecule has 1 aromatic rings. The van der Waals surface area contributed by atoms with Gasteiger partial charge in [0.05, 0.1) is 32.1 Å². The fraction of sp³-hybridized carbons (Fsp3) is 0.586. The van der Waals surface area contributed by atoms with Gasteiger partial charge < -0.3 is 24.4 Å². The van der Waals surface area contributed by atoms with Crippen LogP contribution in [0.25, 0.3) is 0 Å². The van der Waals surface area contributed by atoms with Gasteiger partial charge >= 0.3 is 5.91 Å². The maximum absolute atomic E-state index is 13.6. The van der Waals surface area contributed by atoms with Gasteiger partial charge in [0.15, 0.2) is 17.4 Å². The average Bonchev–Trinajstić information content (AvgIpc) is 2.98. The van der Waals surface area contributed by atoms with Crippen molar-refractivity contribution < 1.29 is 28.5 Å². The van der Waals surface area contributed by atoms with E-state index in [9.17, 15) is 9.59 Å². The molecule has 210 valence electrons. The molecule has 10 heteroatoms. The molecular formula is C29H38ClN4O5+. The zero-order valence-corrected chi connectivity index (χ0v) is 23.3. The fourth-order valence-corrected chi connectivity index (χ4v) is 5.82. The molecule has 39 heavy (non-hydrogen) atoms. The average molecular weight is 558 g/mol. The van der Waals surface area contributed by atoms with Crippen LogP contribution in [0.15, 0.2) is 40.1 Å². The number of aryl methyl sites for hydroxylation is 1. The number of rotatable bonds is 7. The summed E-state index contributed by atoms with van der Waals surface area (Å²) in [6, 6.07) is 8.08. The highest BCUT2D eigenvalue weighted by Crippen LogP contribution is 2.31. The topological polar surface area (TPSA) is 92.5 Å². The summed E-state index contributed by atoms with van der Waals surface area (Å²) < 4.78 is 18.2. The maximum Gasteiger partial charge on any atom is 0.462 e. The van der Waals surface area contributed by atoms with Gasteiger partial charge in [0.25, 0.3) is 5.91 Å². The van der Waals surface area contributed by atoms with Gasteiger partial charge in [-0.05, 0) is 68.2 Å². The van der Waals surface area contributed by atoms with Crippen molar-refractivity contribution in [2.24, 2.45) is 16.9 Å². The van der Waals surface area contributed by atoms with E-state index in [0.29, 0.717) is 31.4 Å². The van der Waals surface area contributed by atoms with Crippen molar-refractivity contribution in [3.8, 4) is 0 Å². The number of carbonyl (C=O) groups is 2. The van der Waals surface area contributed by atoms with E-state index in [2.05, 4.69) is 10.4 Å². The number of nitrogens with one attached hydrogen (secondary N) is 1. The van der Waals surface area contributed by atoms with Crippen LogP contribution in [0, 0.1) is 18.8 Å². The third-order valence-corrected chi connectivity index (χ3v) is 8.24. The lowest BCUT2D eigenvalue weighted by Crippen LogP contribution is -2.51. The van der Waals surface area contributed by atoms with Crippen LogP contribution in [0.2, 0.25) is 0 Å². The van der Waals surface area contributed by atoms with Crippen molar-refractivity contribution in [3.63, 3.8) is 0 Å². The molecule has 4 aliphatic rings. The summed E-state index contributed by atoms with van der Waals surface area (Å²) in [5.74, 6) is 0.181. The zero-order chi connectivity index (χ0) is 27.2. The molecule has 9 nitrogen and oxygen atoms in total. The molecule has 1 aliphatic carbocycles. The van der Waals surface area contributed by atoms with Crippen molar-refractivity contribution in [2.75, 3.05) is 44.5 Å². The number of halogens is 1. The fourth-order valence-electron chi connectivity index (χ4n) is 5.61. The highest BCUT2D eigenvalue weighted by molar-refractivity contribution is 6.42. The number of hydrogen-bond donors (Lipinski definition) is 1. The monoisotopic (exact) mass is 557 g/mol. The summed E-state index contributed by atoms with van der Waals surface area (Å²) >= 11 is 6.43. The van der Waals surface area contributed by atoms with Crippen LogP contribution in [0.5, 0.6) is 0 Å². The van der Waals surface area contributed by atoms with Crippen LogP contribution >= 0.6 is 11.6 Å². The predicted molar refractivity (Wildman–Crippen MR) is 149 cm³/mol. The number of hydrazone groups is 1. The van der Waals surface area contributed by atoms with Crippen LogP contribution in [0.3, 0.4) is 0 Å². The Balaban J connectivity index is 1.21. The summed E-state index contributed by atoms with van der Waals surface area (Å²) in [7, 11) is 0. The second-order valence-electron chi connectivity index (χ2n) is 10.8. The third kappa shape index (κ3) is 6.95. The van der Waals surface area contributed by atoms with E-state index in [-0.39, 0.29) is 35.4 Å². The predicted octanol–water partition coefficient (Wildman–Crippen LogP) is 3.38. The number of anilines is 1. The number of hydrogen-bond acceptors (Lipinski definition) is 7. The third-order valence-electron chi connectivity index (χ3n) is 7.88. The summed E-state index contributed by atoms with van der Waals surface area (Å²) in [5.41, 5.74) is 2.57. The first-order valence-corrected chi connectivity index (χ1v) is 14.4. The van der Waals surface area contributed by atoms with Crippen LogP contribution in [0.1, 0.15) is 44.1 Å². The Hall–Kier alpha value is -2.59. The zero-order valence-electron chi connectivity index (χ0n) is 22.5. The van der Waals surface area contributed by atoms with Gasteiger partial charge in [0, 0.05) is 35.9 Å². The molecule has 3 heterocycles. The molecule has 0 aromatic heterocycles. The van der Waals surface area contributed by atoms with E-state index < -0.39 is 6.10 Å². The molecule has 5 rings (SSSR count). The maximum atomic E-state index is 13.6. The highest BCUT2D eigenvalue weighted by Gasteiger charge is 2.37. The molecule has 0 radical (unpaired) electrons. The second kappa shape index (κ2) is 13.2. The lowest BCUT2D eigenvalue weighted by molar-refractivity contribution is -0.447. The summed E-state index contributed by atoms with van der Waals surface area (Å²) in [5, 5.41) is 7.79. The minimum Gasteiger partial charge on any atom is -0.382 e. The lowest BCUT2D eigenvalue weighted by Gasteiger charge is -2.38. The van der Waals surface area contributed by atoms with Gasteiger partial charge in [-0.3, -0.25) is 4.79 Å². The van der Waals surface area contributed by atoms with Crippen LogP contribution in [-0.2, 0) is 23.8 Å². The molecule has 1 unspecified atom stereocenters. The molecule has 1 aromatic carbocycles. The Bertz CT molecular complexity index is 1110. The number of amides is 2. The Kier molecular flexibility index (Phi) is 9.45. The smallest absolute Gasteiger partial charge is 0.382 e. The Morgan fingerprint density at radius 3 is 2.56 bits per heavy atom. The van der Waals surface area contributed by atoms with Crippen molar-refractivity contribution in [1.29, 1.82) is 0 Å². The van der Waals surface area contributed by atoms with Crippen molar-refractivity contribution in [3.05, 3.63) is 40.6 Å². The Morgan fingerprint density at radius 2 is 1.87 bits per heavy atom. The summed E-state index contributed by atoms with van der Waals surface area (Å²) in [6.07, 6.45) is 8.33. The van der Waals surface area contributed by atoms with E-state index in [1.807, 2.05) is 42.3 Å². The van der Waals surface area contributed by atoms with E-state index in [4.69, 9.17) is 25.8 Å². The van der Waals surface area contributed by atoms with E-state index in [1.54, 1.807) is 6.21 Å². The lowest BCUT2D eigenvalue weighted by atomic mass is 9.85. The minimum absolute atomic E-state index is 0.0407. The second-order valence-corrected chi connectivity index (χ2v) is 11.2. The molecule has 1 N–H and O–H groups in total. The first-order chi connectivity index (χ1) is 19.0. The Labute approximate surface area is 234 Å². The van der Waals surface area contributed by atoms with Gasteiger partial charge in [0.1, 0.15) is 6.21 Å². The number of allylic oxidation sites excluding steroid dienone is 1. The first kappa shape index (κ1) is 28.0. The number of nitrogens with zero attached hydrogens (tertiary/aromatic N) is 3. The number of benzene rings is 1. The van der Waals surface area contributed by atoms with Gasteiger partial charge in [-0.2, -0.15) is 0 Å².